The Morgan fingerprint density at radius 2 is 1.92 bits per heavy atom. The van der Waals surface area contributed by atoms with E-state index in [-0.39, 0.29) is 43.1 Å². The number of anilines is 1. The number of halogens is 1. The highest BCUT2D eigenvalue weighted by atomic mass is 32.2. The molecule has 0 atom stereocenters. The Bertz CT molecular complexity index is 963. The van der Waals surface area contributed by atoms with Crippen molar-refractivity contribution >= 4 is 21.6 Å². The highest BCUT2D eigenvalue weighted by molar-refractivity contribution is 7.89. The summed E-state index contributed by atoms with van der Waals surface area (Å²) >= 11 is 0. The minimum atomic E-state index is -4.04. The van der Waals surface area contributed by atoms with Gasteiger partial charge in [0.25, 0.3) is 5.91 Å². The summed E-state index contributed by atoms with van der Waals surface area (Å²) in [6.45, 7) is 0.748. The van der Waals surface area contributed by atoms with Crippen LogP contribution in [0.2, 0.25) is 0 Å². The molecule has 2 N–H and O–H groups in total. The van der Waals surface area contributed by atoms with Gasteiger partial charge >= 0.3 is 0 Å². The number of ether oxygens (including phenoxy) is 1. The monoisotopic (exact) mass is 381 g/mol. The van der Waals surface area contributed by atoms with Crippen LogP contribution in [0, 0.1) is 5.82 Å². The number of hydrogen-bond acceptors (Lipinski definition) is 5. The van der Waals surface area contributed by atoms with Crippen molar-refractivity contribution in [2.24, 2.45) is 0 Å². The van der Waals surface area contributed by atoms with Gasteiger partial charge in [0.1, 0.15) is 10.7 Å². The second-order valence-electron chi connectivity index (χ2n) is 5.56. The zero-order chi connectivity index (χ0) is 18.7. The van der Waals surface area contributed by atoms with Crippen LogP contribution in [-0.4, -0.2) is 49.9 Å². The van der Waals surface area contributed by atoms with Crippen LogP contribution in [0.3, 0.4) is 0 Å². The van der Waals surface area contributed by atoms with E-state index in [1.165, 1.54) is 24.4 Å². The molecule has 2 aromatic rings. The molecule has 0 saturated carbocycles. The summed E-state index contributed by atoms with van der Waals surface area (Å²) in [6.07, 6.45) is 1.23. The number of hydrogen-bond donors (Lipinski definition) is 2. The van der Waals surface area contributed by atoms with E-state index in [1.807, 2.05) is 0 Å². The number of pyridine rings is 1. The molecule has 0 bridgehead atoms. The number of rotatable bonds is 4. The predicted molar refractivity (Wildman–Crippen MR) is 91.0 cm³/mol. The lowest BCUT2D eigenvalue weighted by atomic mass is 10.2. The van der Waals surface area contributed by atoms with Gasteiger partial charge in [0, 0.05) is 31.0 Å². The van der Waals surface area contributed by atoms with Gasteiger partial charge in [0.15, 0.2) is 0 Å². The molecule has 2 heterocycles. The summed E-state index contributed by atoms with van der Waals surface area (Å²) in [5.41, 5.74) is -0.0665. The number of carbonyl (C=O) groups excluding carboxylic acids is 1. The normalized spacial score (nSPS) is 15.6. The fourth-order valence-electron chi connectivity index (χ4n) is 2.46. The van der Waals surface area contributed by atoms with Crippen LogP contribution in [-0.2, 0) is 14.8 Å². The van der Waals surface area contributed by atoms with Gasteiger partial charge in [-0.25, -0.2) is 12.8 Å². The van der Waals surface area contributed by atoms with E-state index < -0.39 is 26.6 Å². The molecule has 0 aliphatic carbocycles. The minimum Gasteiger partial charge on any atom is -0.379 e. The van der Waals surface area contributed by atoms with E-state index in [4.69, 9.17) is 4.74 Å². The van der Waals surface area contributed by atoms with Crippen LogP contribution in [0.15, 0.2) is 46.2 Å². The molecule has 3 rings (SSSR count). The number of sulfonamides is 1. The smallest absolute Gasteiger partial charge is 0.257 e. The van der Waals surface area contributed by atoms with Crippen molar-refractivity contribution in [3.63, 3.8) is 0 Å². The molecular weight excluding hydrogens is 365 g/mol. The summed E-state index contributed by atoms with van der Waals surface area (Å²) in [5.74, 6) is -1.47. The van der Waals surface area contributed by atoms with E-state index in [0.717, 1.165) is 16.4 Å². The fraction of sp³-hybridized carbons (Fsp3) is 0.250. The molecule has 1 aromatic heterocycles. The largest absolute Gasteiger partial charge is 0.379 e. The zero-order valence-electron chi connectivity index (χ0n) is 13.6. The molecular formula is C16H16FN3O5S. The number of morpholine rings is 1. The Morgan fingerprint density at radius 3 is 2.58 bits per heavy atom. The van der Waals surface area contributed by atoms with Crippen molar-refractivity contribution in [2.45, 2.75) is 4.90 Å². The van der Waals surface area contributed by atoms with Crippen molar-refractivity contribution in [1.82, 2.24) is 9.29 Å². The highest BCUT2D eigenvalue weighted by Gasteiger charge is 2.29. The number of amides is 1. The summed E-state index contributed by atoms with van der Waals surface area (Å²) < 4.78 is 45.7. The Hall–Kier alpha value is -2.56. The van der Waals surface area contributed by atoms with Crippen molar-refractivity contribution in [3.05, 3.63) is 58.3 Å². The third kappa shape index (κ3) is 3.82. The van der Waals surface area contributed by atoms with E-state index in [9.17, 15) is 22.4 Å². The van der Waals surface area contributed by atoms with E-state index in [1.54, 1.807) is 0 Å². The molecule has 0 spiro atoms. The van der Waals surface area contributed by atoms with Crippen molar-refractivity contribution in [1.29, 1.82) is 0 Å². The summed E-state index contributed by atoms with van der Waals surface area (Å²) in [4.78, 5) is 25.1. The lowest BCUT2D eigenvalue weighted by Gasteiger charge is -2.26. The second kappa shape index (κ2) is 7.36. The average molecular weight is 381 g/mol. The first-order valence-corrected chi connectivity index (χ1v) is 9.19. The topological polar surface area (TPSA) is 109 Å². The maximum absolute atomic E-state index is 14.1. The van der Waals surface area contributed by atoms with Gasteiger partial charge in [0.2, 0.25) is 15.6 Å². The van der Waals surface area contributed by atoms with Crippen molar-refractivity contribution in [3.8, 4) is 0 Å². The first-order chi connectivity index (χ1) is 12.4. The van der Waals surface area contributed by atoms with Crippen LogP contribution in [0.1, 0.15) is 10.4 Å². The molecule has 8 nitrogen and oxygen atoms in total. The van der Waals surface area contributed by atoms with Gasteiger partial charge < -0.3 is 15.0 Å². The van der Waals surface area contributed by atoms with Crippen LogP contribution in [0.5, 0.6) is 0 Å². The third-order valence-electron chi connectivity index (χ3n) is 3.82. The Balaban J connectivity index is 1.86. The Labute approximate surface area is 148 Å². The number of H-pyrrole nitrogens is 1. The van der Waals surface area contributed by atoms with Crippen LogP contribution in [0.4, 0.5) is 10.1 Å². The Kier molecular flexibility index (Phi) is 5.16. The van der Waals surface area contributed by atoms with E-state index >= 15 is 0 Å². The quantitative estimate of drug-likeness (QED) is 0.814. The summed E-state index contributed by atoms with van der Waals surface area (Å²) in [7, 11) is -4.04. The number of nitrogens with zero attached hydrogens (tertiary/aromatic N) is 1. The number of nitrogens with one attached hydrogen (secondary N) is 2. The molecule has 26 heavy (non-hydrogen) atoms. The van der Waals surface area contributed by atoms with Crippen molar-refractivity contribution in [2.75, 3.05) is 31.6 Å². The molecule has 1 aliphatic heterocycles. The fourth-order valence-corrected chi connectivity index (χ4v) is 3.96. The first-order valence-electron chi connectivity index (χ1n) is 7.75. The molecule has 0 radical (unpaired) electrons. The Morgan fingerprint density at radius 1 is 1.19 bits per heavy atom. The first kappa shape index (κ1) is 18.2. The van der Waals surface area contributed by atoms with Gasteiger partial charge in [-0.1, -0.05) is 0 Å². The molecule has 138 valence electrons. The van der Waals surface area contributed by atoms with Gasteiger partial charge in [0.05, 0.1) is 18.8 Å². The molecule has 1 aliphatic rings. The number of aromatic nitrogens is 1. The average Bonchev–Trinajstić information content (AvgIpc) is 2.64. The van der Waals surface area contributed by atoms with Gasteiger partial charge in [-0.3, -0.25) is 9.59 Å². The molecule has 0 unspecified atom stereocenters. The summed E-state index contributed by atoms with van der Waals surface area (Å²) in [5, 5.41) is 2.49. The lowest BCUT2D eigenvalue weighted by molar-refractivity contribution is 0.0729. The number of benzene rings is 1. The van der Waals surface area contributed by atoms with Gasteiger partial charge in [-0.05, 0) is 24.3 Å². The van der Waals surface area contributed by atoms with Gasteiger partial charge in [-0.2, -0.15) is 4.31 Å². The molecule has 10 heteroatoms. The number of carbonyl (C=O) groups is 1. The predicted octanol–water partition coefficient (Wildman–Crippen LogP) is 0.787. The highest BCUT2D eigenvalue weighted by Crippen LogP contribution is 2.24. The van der Waals surface area contributed by atoms with Gasteiger partial charge in [-0.15, -0.1) is 0 Å². The molecule has 1 amide bonds. The summed E-state index contributed by atoms with van der Waals surface area (Å²) in [6, 6.07) is 5.83. The van der Waals surface area contributed by atoms with Crippen LogP contribution in [0.25, 0.3) is 0 Å². The van der Waals surface area contributed by atoms with E-state index in [0.29, 0.717) is 0 Å². The van der Waals surface area contributed by atoms with Crippen LogP contribution >= 0.6 is 0 Å². The standard InChI is InChI=1S/C16H16FN3O5S/c17-13-3-2-12(19-16(22)11-1-4-15(21)18-10-11)9-14(13)26(23,24)20-5-7-25-8-6-20/h1-4,9-10H,5-8H2,(H,18,21)(H,19,22). The van der Waals surface area contributed by atoms with Crippen LogP contribution < -0.4 is 10.9 Å². The van der Waals surface area contributed by atoms with E-state index in [2.05, 4.69) is 10.3 Å². The SMILES string of the molecule is O=C(Nc1ccc(F)c(S(=O)(=O)N2CCOCC2)c1)c1ccc(=O)[nH]c1. The lowest BCUT2D eigenvalue weighted by Crippen LogP contribution is -2.40. The van der Waals surface area contributed by atoms with Crippen molar-refractivity contribution < 1.29 is 22.3 Å². The number of aromatic amines is 1. The molecule has 1 aromatic carbocycles. The third-order valence-corrected chi connectivity index (χ3v) is 5.74. The molecule has 1 fully saturated rings. The zero-order valence-corrected chi connectivity index (χ0v) is 14.4. The minimum absolute atomic E-state index is 0.120. The second-order valence-corrected chi connectivity index (χ2v) is 7.46. The maximum atomic E-state index is 14.1. The maximum Gasteiger partial charge on any atom is 0.257 e. The molecule has 1 saturated heterocycles.